The van der Waals surface area contributed by atoms with Crippen LogP contribution < -0.4 is 43.9 Å². The molecule has 0 radical (unpaired) electrons. The Kier molecular flexibility index (Phi) is 17.4. The minimum atomic E-state index is -4.86. The molecule has 20 nitrogen and oxygen atoms in total. The molecule has 4 aromatic heterocycles. The largest absolute Gasteiger partial charge is 0.497 e. The number of alkyl halides is 4. The summed E-state index contributed by atoms with van der Waals surface area (Å²) in [6.07, 6.45) is 1.34. The molecule has 0 unspecified atom stereocenters. The maximum absolute atomic E-state index is 16.3. The summed E-state index contributed by atoms with van der Waals surface area (Å²) in [6, 6.07) is 14.1. The Morgan fingerprint density at radius 3 is 1.36 bits per heavy atom. The number of halogens is 6. The van der Waals surface area contributed by atoms with Crippen LogP contribution in [0.1, 0.15) is 68.7 Å². The molecular weight excluding hydrogens is 1140 g/mol. The maximum atomic E-state index is 16.3. The summed E-state index contributed by atoms with van der Waals surface area (Å²) in [5.41, 5.74) is -0.664. The van der Waals surface area contributed by atoms with Crippen LogP contribution in [0, 0.1) is 13.8 Å². The van der Waals surface area contributed by atoms with Crippen molar-refractivity contribution in [1.29, 1.82) is 0 Å². The molecule has 2 amide bonds. The highest BCUT2D eigenvalue weighted by Crippen LogP contribution is 2.40. The van der Waals surface area contributed by atoms with Crippen LogP contribution in [0.15, 0.2) is 95.2 Å². The van der Waals surface area contributed by atoms with Crippen LogP contribution in [-0.4, -0.2) is 119 Å². The number of aryl methyl sites for hydroxylation is 2. The van der Waals surface area contributed by atoms with E-state index >= 15 is 18.0 Å². The molecule has 0 spiro atoms. The molecule has 0 saturated carbocycles. The van der Waals surface area contributed by atoms with Crippen molar-refractivity contribution in [3.8, 4) is 23.0 Å². The average molecular weight is 1190 g/mol. The number of hydrogen-bond donors (Lipinski definition) is 1. The van der Waals surface area contributed by atoms with Gasteiger partial charge in [-0.1, -0.05) is 35.3 Å². The number of carbonyl (C=O) groups is 2. The molecule has 0 aliphatic carbocycles. The van der Waals surface area contributed by atoms with Crippen LogP contribution in [0.4, 0.5) is 40.6 Å². The van der Waals surface area contributed by atoms with Crippen molar-refractivity contribution >= 4 is 78.1 Å². The predicted molar refractivity (Wildman–Crippen MR) is 290 cm³/mol. The van der Waals surface area contributed by atoms with Crippen molar-refractivity contribution in [2.24, 2.45) is 5.14 Å². The molecule has 80 heavy (non-hydrogen) atoms. The fraction of sp³-hybridized carbons (Fsp3) is 0.346. The van der Waals surface area contributed by atoms with Crippen molar-refractivity contribution in [2.45, 2.75) is 74.3 Å². The monoisotopic (exact) mass is 1190 g/mol. The minimum Gasteiger partial charge on any atom is -0.497 e. The van der Waals surface area contributed by atoms with Gasteiger partial charge in [0.15, 0.2) is 0 Å². The lowest BCUT2D eigenvalue weighted by Gasteiger charge is -2.38. The van der Waals surface area contributed by atoms with Crippen LogP contribution >= 0.6 is 23.2 Å². The smallest absolute Gasteiger partial charge is 0.281 e. The van der Waals surface area contributed by atoms with Gasteiger partial charge in [0.1, 0.15) is 54.7 Å². The Morgan fingerprint density at radius 1 is 0.600 bits per heavy atom. The molecule has 8 rings (SSSR count). The number of nitrogens with zero attached hydrogens (tertiary/aromatic N) is 9. The van der Waals surface area contributed by atoms with E-state index in [9.17, 15) is 26.0 Å². The van der Waals surface area contributed by atoms with Crippen molar-refractivity contribution in [3.63, 3.8) is 0 Å². The third-order valence-corrected chi connectivity index (χ3v) is 16.5. The van der Waals surface area contributed by atoms with Gasteiger partial charge in [0.25, 0.3) is 23.7 Å². The van der Waals surface area contributed by atoms with Crippen LogP contribution in [0.25, 0.3) is 0 Å². The summed E-state index contributed by atoms with van der Waals surface area (Å²) in [5, 5.41) is 6.69. The summed E-state index contributed by atoms with van der Waals surface area (Å²) in [7, 11) is -3.83. The van der Waals surface area contributed by atoms with E-state index in [1.165, 1.54) is 64.2 Å². The minimum absolute atomic E-state index is 0.0974. The maximum Gasteiger partial charge on any atom is 0.281 e. The first-order chi connectivity index (χ1) is 37.8. The van der Waals surface area contributed by atoms with Gasteiger partial charge in [0, 0.05) is 101 Å². The SMILES string of the molecule is COc1ccc(CN(Cc2ccc(OC)cc2OC)S(=O)(=O)c2cncc(N(C(=O)c3c(C)cc(Cl)nc3N3CCC(F)(F)CC3)N(C(=O)c3c(C)cc(Cl)nc3N3CCC(F)(F)CC3)c3cncc(S(N)(=O)=O)c3)c2)c(OC)c1. The second-order valence-electron chi connectivity index (χ2n) is 18.8. The number of carbonyl (C=O) groups excluding carboxylic acids is 2. The van der Waals surface area contributed by atoms with Crippen molar-refractivity contribution < 1.29 is 62.9 Å². The van der Waals surface area contributed by atoms with E-state index in [0.29, 0.717) is 32.6 Å². The lowest BCUT2D eigenvalue weighted by molar-refractivity contribution is -0.0228. The van der Waals surface area contributed by atoms with E-state index in [2.05, 4.69) is 19.9 Å². The number of aromatic nitrogens is 4. The van der Waals surface area contributed by atoms with Gasteiger partial charge < -0.3 is 28.7 Å². The number of ether oxygens (including phenoxy) is 4. The molecule has 0 atom stereocenters. The number of primary sulfonamides is 1. The highest BCUT2D eigenvalue weighted by Gasteiger charge is 2.42. The van der Waals surface area contributed by atoms with Gasteiger partial charge in [-0.3, -0.25) is 19.6 Å². The third-order valence-electron chi connectivity index (χ3n) is 13.5. The number of rotatable bonds is 17. The highest BCUT2D eigenvalue weighted by atomic mass is 35.5. The quantitative estimate of drug-likeness (QED) is 0.0511. The molecule has 6 aromatic rings. The van der Waals surface area contributed by atoms with E-state index in [0.717, 1.165) is 41.2 Å². The van der Waals surface area contributed by atoms with Crippen LogP contribution in [0.2, 0.25) is 10.3 Å². The Bertz CT molecular complexity index is 3510. The number of methoxy groups -OCH3 is 4. The topological polar surface area (TPSA) is 233 Å². The van der Waals surface area contributed by atoms with E-state index in [1.54, 1.807) is 36.4 Å². The van der Waals surface area contributed by atoms with Gasteiger partial charge in [0.2, 0.25) is 20.0 Å². The molecule has 2 aromatic carbocycles. The number of benzene rings is 2. The Morgan fingerprint density at radius 2 is 0.988 bits per heavy atom. The first-order valence-corrected chi connectivity index (χ1v) is 28.2. The summed E-state index contributed by atoms with van der Waals surface area (Å²) >= 11 is 13.1. The zero-order valence-corrected chi connectivity index (χ0v) is 47.1. The zero-order chi connectivity index (χ0) is 58.1. The van der Waals surface area contributed by atoms with Crippen LogP contribution in [0.5, 0.6) is 23.0 Å². The number of nitrogens with two attached hydrogens (primary N) is 1. The van der Waals surface area contributed by atoms with E-state index < -0.39 is 90.6 Å². The molecule has 2 saturated heterocycles. The van der Waals surface area contributed by atoms with Gasteiger partial charge >= 0.3 is 0 Å². The molecule has 6 heterocycles. The Labute approximate surface area is 469 Å². The van der Waals surface area contributed by atoms with E-state index in [1.807, 2.05) is 0 Å². The molecule has 0 bridgehead atoms. The van der Waals surface area contributed by atoms with Crippen molar-refractivity contribution in [2.75, 3.05) is 74.4 Å². The van der Waals surface area contributed by atoms with E-state index in [-0.39, 0.29) is 95.0 Å². The molecule has 2 N–H and O–H groups in total. The summed E-state index contributed by atoms with van der Waals surface area (Å²) in [6.45, 7) is 0.926. The number of amides is 2. The standard InChI is InChI=1S/C52H54Cl2F4N10O10S2/c1-31-19-43(53)62-47(64-15-11-51(55,56)12-16-64)45(31)49(69)67(35-21-39(27-60-25-35)79(59,71)72)68(50(70)46-32(2)20-44(54)63-48(46)65-17-13-52(57,58)14-18-65)36-22-40(28-61-26-36)80(73,74)66(29-33-7-9-37(75-3)23-41(33)77-5)30-34-8-10-38(76-4)24-42(34)78-6/h7-10,19-28H,11-18,29-30H2,1-6H3,(H2,59,71,72). The molecule has 28 heteroatoms. The molecule has 2 fully saturated rings. The number of sulfonamides is 2. The first kappa shape index (κ1) is 59.0. The second kappa shape index (κ2) is 23.5. The van der Waals surface area contributed by atoms with E-state index in [4.69, 9.17) is 47.3 Å². The lowest BCUT2D eigenvalue weighted by Crippen LogP contribution is -2.52. The highest BCUT2D eigenvalue weighted by molar-refractivity contribution is 7.89. The molecular formula is C52H54Cl2F4N10O10S2. The molecule has 2 aliphatic rings. The van der Waals surface area contributed by atoms with Gasteiger partial charge in [-0.15, -0.1) is 0 Å². The summed E-state index contributed by atoms with van der Waals surface area (Å²) < 4.78 is 140. The van der Waals surface area contributed by atoms with Gasteiger partial charge in [-0.25, -0.2) is 59.5 Å². The number of anilines is 4. The molecule has 426 valence electrons. The fourth-order valence-electron chi connectivity index (χ4n) is 9.23. The predicted octanol–water partition coefficient (Wildman–Crippen LogP) is 8.64. The Balaban J connectivity index is 1.40. The Hall–Kier alpha value is -7.10. The molecule has 2 aliphatic heterocycles. The first-order valence-electron chi connectivity index (χ1n) is 24.4. The van der Waals surface area contributed by atoms with Crippen LogP contribution in [-0.2, 0) is 33.1 Å². The second-order valence-corrected chi connectivity index (χ2v) is 23.0. The van der Waals surface area contributed by atoms with Crippen molar-refractivity contribution in [1.82, 2.24) is 24.2 Å². The van der Waals surface area contributed by atoms with Gasteiger partial charge in [0.05, 0.1) is 63.3 Å². The lowest BCUT2D eigenvalue weighted by atomic mass is 10.0. The van der Waals surface area contributed by atoms with Crippen molar-refractivity contribution in [3.05, 3.63) is 129 Å². The fourth-order valence-corrected chi connectivity index (χ4v) is 11.6. The number of hydrogen-bond acceptors (Lipinski definition) is 16. The number of pyridine rings is 4. The average Bonchev–Trinajstić information content (AvgIpc) is 3.41. The summed E-state index contributed by atoms with van der Waals surface area (Å²) in [5.74, 6) is -7.59. The summed E-state index contributed by atoms with van der Waals surface area (Å²) in [4.78, 5) is 51.3. The third kappa shape index (κ3) is 12.7. The normalized spacial score (nSPS) is 15.3. The van der Waals surface area contributed by atoms with Crippen LogP contribution in [0.3, 0.4) is 0 Å². The van der Waals surface area contributed by atoms with Gasteiger partial charge in [-0.2, -0.15) is 4.31 Å². The van der Waals surface area contributed by atoms with Gasteiger partial charge in [-0.05, 0) is 61.4 Å². The zero-order valence-electron chi connectivity index (χ0n) is 43.9. The number of piperidine rings is 2. The number of hydrazine groups is 1.